The quantitative estimate of drug-likeness (QED) is 0.546. The van der Waals surface area contributed by atoms with Crippen LogP contribution < -0.4 is 0 Å². The van der Waals surface area contributed by atoms with Gasteiger partial charge in [-0.3, -0.25) is 9.59 Å². The SMILES string of the molecule is CC[P+](CC)(CC)CC(=O)ON1C(=O)CCC1=O. The molecule has 18 heavy (non-hydrogen) atoms. The molecule has 6 heteroatoms. The van der Waals surface area contributed by atoms with Crippen LogP contribution in [0.3, 0.4) is 0 Å². The molecule has 0 N–H and O–H groups in total. The van der Waals surface area contributed by atoms with Gasteiger partial charge >= 0.3 is 5.97 Å². The number of nitrogens with zero attached hydrogens (tertiary/aromatic N) is 1. The van der Waals surface area contributed by atoms with E-state index in [0.717, 1.165) is 18.5 Å². The van der Waals surface area contributed by atoms with E-state index in [2.05, 4.69) is 20.8 Å². The lowest BCUT2D eigenvalue weighted by Gasteiger charge is -2.23. The summed E-state index contributed by atoms with van der Waals surface area (Å²) in [7, 11) is -1.32. The first-order valence-corrected chi connectivity index (χ1v) is 8.92. The summed E-state index contributed by atoms with van der Waals surface area (Å²) in [6, 6.07) is 0. The highest BCUT2D eigenvalue weighted by Crippen LogP contribution is 2.57. The summed E-state index contributed by atoms with van der Waals surface area (Å²) in [5.41, 5.74) is 0. The van der Waals surface area contributed by atoms with Gasteiger partial charge in [-0.05, 0) is 20.8 Å². The van der Waals surface area contributed by atoms with Gasteiger partial charge in [0.1, 0.15) is 0 Å². The fourth-order valence-corrected chi connectivity index (χ4v) is 4.69. The molecule has 0 atom stereocenters. The minimum Gasteiger partial charge on any atom is -0.326 e. The highest BCUT2D eigenvalue weighted by Gasteiger charge is 2.38. The predicted molar refractivity (Wildman–Crippen MR) is 70.6 cm³/mol. The van der Waals surface area contributed by atoms with Crippen LogP contribution in [0.4, 0.5) is 0 Å². The van der Waals surface area contributed by atoms with E-state index in [-0.39, 0.29) is 12.8 Å². The first-order chi connectivity index (χ1) is 8.48. The van der Waals surface area contributed by atoms with Crippen molar-refractivity contribution in [1.82, 2.24) is 5.06 Å². The maximum absolute atomic E-state index is 11.8. The maximum atomic E-state index is 11.8. The average molecular weight is 274 g/mol. The normalized spacial score (nSPS) is 16.3. The van der Waals surface area contributed by atoms with E-state index in [1.807, 2.05) is 0 Å². The highest BCUT2D eigenvalue weighted by molar-refractivity contribution is 7.76. The van der Waals surface area contributed by atoms with E-state index >= 15 is 0 Å². The molecule has 1 saturated heterocycles. The van der Waals surface area contributed by atoms with Crippen LogP contribution in [-0.2, 0) is 19.2 Å². The molecule has 0 aliphatic carbocycles. The maximum Gasteiger partial charge on any atom is 0.369 e. The lowest BCUT2D eigenvalue weighted by molar-refractivity contribution is -0.195. The summed E-state index contributed by atoms with van der Waals surface area (Å²) in [4.78, 5) is 39.4. The number of amides is 2. The van der Waals surface area contributed by atoms with Gasteiger partial charge < -0.3 is 4.84 Å². The topological polar surface area (TPSA) is 63.7 Å². The van der Waals surface area contributed by atoms with Crippen molar-refractivity contribution in [2.75, 3.05) is 24.6 Å². The Bertz CT molecular complexity index is 328. The van der Waals surface area contributed by atoms with Gasteiger partial charge in [-0.2, -0.15) is 0 Å². The second-order valence-corrected chi connectivity index (χ2v) is 9.39. The van der Waals surface area contributed by atoms with Crippen molar-refractivity contribution in [3.05, 3.63) is 0 Å². The minimum atomic E-state index is -1.32. The molecule has 0 radical (unpaired) electrons. The van der Waals surface area contributed by atoms with Crippen LogP contribution in [0.1, 0.15) is 33.6 Å². The van der Waals surface area contributed by atoms with Crippen LogP contribution in [0.2, 0.25) is 0 Å². The molecule has 0 bridgehead atoms. The lowest BCUT2D eigenvalue weighted by Crippen LogP contribution is -2.33. The lowest BCUT2D eigenvalue weighted by atomic mass is 10.4. The van der Waals surface area contributed by atoms with Crippen LogP contribution >= 0.6 is 7.26 Å². The summed E-state index contributed by atoms with van der Waals surface area (Å²) in [6.45, 7) is 6.25. The third-order valence-electron chi connectivity index (χ3n) is 3.68. The second-order valence-electron chi connectivity index (χ2n) is 4.49. The van der Waals surface area contributed by atoms with Crippen molar-refractivity contribution in [2.45, 2.75) is 33.6 Å². The van der Waals surface area contributed by atoms with E-state index in [9.17, 15) is 14.4 Å². The third kappa shape index (κ3) is 3.29. The summed E-state index contributed by atoms with van der Waals surface area (Å²) in [5, 5.41) is 0.637. The summed E-state index contributed by atoms with van der Waals surface area (Å²) in [5.74, 6) is -1.28. The third-order valence-corrected chi connectivity index (χ3v) is 8.63. The van der Waals surface area contributed by atoms with Crippen molar-refractivity contribution < 1.29 is 19.2 Å². The minimum absolute atomic E-state index is 0.141. The van der Waals surface area contributed by atoms with E-state index in [4.69, 9.17) is 4.84 Å². The number of hydrogen-bond donors (Lipinski definition) is 0. The van der Waals surface area contributed by atoms with Gasteiger partial charge in [-0.25, -0.2) is 4.79 Å². The zero-order chi connectivity index (χ0) is 13.8. The van der Waals surface area contributed by atoms with E-state index in [0.29, 0.717) is 11.2 Å². The van der Waals surface area contributed by atoms with E-state index < -0.39 is 25.0 Å². The molecular formula is C12H21NO4P+. The fourth-order valence-electron chi connectivity index (χ4n) is 2.07. The Morgan fingerprint density at radius 2 is 1.56 bits per heavy atom. The molecule has 0 aromatic rings. The molecule has 5 nitrogen and oxygen atoms in total. The molecular weight excluding hydrogens is 253 g/mol. The Morgan fingerprint density at radius 1 is 1.11 bits per heavy atom. The van der Waals surface area contributed by atoms with Crippen LogP contribution in [-0.4, -0.2) is 47.5 Å². The van der Waals surface area contributed by atoms with E-state index in [1.165, 1.54) is 0 Å². The van der Waals surface area contributed by atoms with Crippen molar-refractivity contribution in [3.8, 4) is 0 Å². The molecule has 1 aliphatic heterocycles. The first kappa shape index (κ1) is 15.1. The summed E-state index contributed by atoms with van der Waals surface area (Å²) >= 11 is 0. The van der Waals surface area contributed by atoms with Gasteiger partial charge in [0.05, 0.1) is 18.5 Å². The molecule has 1 fully saturated rings. The smallest absolute Gasteiger partial charge is 0.326 e. The van der Waals surface area contributed by atoms with Gasteiger partial charge in [0.15, 0.2) is 6.16 Å². The number of imide groups is 1. The Hall–Kier alpha value is -0.960. The van der Waals surface area contributed by atoms with Crippen LogP contribution in [0.15, 0.2) is 0 Å². The average Bonchev–Trinajstić information content (AvgIpc) is 2.68. The molecule has 1 heterocycles. The number of hydroxylamine groups is 2. The standard InChI is InChI=1S/C12H21NO4P/c1-4-18(5-2,6-3)9-12(16)17-13-10(14)7-8-11(13)15/h4-9H2,1-3H3/q+1. The molecule has 2 amide bonds. The van der Waals surface area contributed by atoms with Crippen molar-refractivity contribution in [2.24, 2.45) is 0 Å². The Balaban J connectivity index is 2.60. The van der Waals surface area contributed by atoms with Gasteiger partial charge in [-0.15, -0.1) is 5.06 Å². The monoisotopic (exact) mass is 274 g/mol. The number of carbonyl (C=O) groups excluding carboxylic acids is 3. The fraction of sp³-hybridized carbons (Fsp3) is 0.750. The number of carbonyl (C=O) groups is 3. The van der Waals surface area contributed by atoms with Crippen LogP contribution in [0.5, 0.6) is 0 Å². The molecule has 0 unspecified atom stereocenters. The molecule has 1 rings (SSSR count). The van der Waals surface area contributed by atoms with Gasteiger partial charge in [0.2, 0.25) is 0 Å². The second kappa shape index (κ2) is 6.28. The first-order valence-electron chi connectivity index (χ1n) is 6.39. The van der Waals surface area contributed by atoms with E-state index in [1.54, 1.807) is 0 Å². The zero-order valence-electron chi connectivity index (χ0n) is 11.3. The highest BCUT2D eigenvalue weighted by atomic mass is 31.2. The Kier molecular flexibility index (Phi) is 5.27. The zero-order valence-corrected chi connectivity index (χ0v) is 12.2. The largest absolute Gasteiger partial charge is 0.369 e. The molecule has 0 spiro atoms. The number of hydrogen-bond acceptors (Lipinski definition) is 4. The number of rotatable bonds is 6. The van der Waals surface area contributed by atoms with Crippen molar-refractivity contribution in [1.29, 1.82) is 0 Å². The Morgan fingerprint density at radius 3 is 1.94 bits per heavy atom. The molecule has 1 aliphatic rings. The summed E-state index contributed by atoms with van der Waals surface area (Å²) in [6.07, 6.45) is 3.59. The molecule has 0 aromatic carbocycles. The predicted octanol–water partition coefficient (Wildman–Crippen LogP) is 1.67. The van der Waals surface area contributed by atoms with Crippen molar-refractivity contribution in [3.63, 3.8) is 0 Å². The Labute approximate surface area is 108 Å². The van der Waals surface area contributed by atoms with Crippen LogP contribution in [0, 0.1) is 0 Å². The van der Waals surface area contributed by atoms with Crippen LogP contribution in [0.25, 0.3) is 0 Å². The molecule has 102 valence electrons. The van der Waals surface area contributed by atoms with Crippen molar-refractivity contribution >= 4 is 25.0 Å². The molecule has 0 aromatic heterocycles. The molecule has 0 saturated carbocycles. The van der Waals surface area contributed by atoms with Gasteiger partial charge in [0.25, 0.3) is 11.8 Å². The van der Waals surface area contributed by atoms with Gasteiger partial charge in [0, 0.05) is 20.1 Å². The van der Waals surface area contributed by atoms with Gasteiger partial charge in [-0.1, -0.05) is 0 Å². The summed E-state index contributed by atoms with van der Waals surface area (Å²) < 4.78 is 0.